The second-order valence-corrected chi connectivity index (χ2v) is 8.52. The number of aliphatic hydroxyl groups is 1. The Balaban J connectivity index is 1.75. The van der Waals surface area contributed by atoms with Gasteiger partial charge in [-0.15, -0.1) is 0 Å². The molecule has 150 valence electrons. The fraction of sp³-hybridized carbons (Fsp3) is 0.273. The van der Waals surface area contributed by atoms with E-state index in [0.29, 0.717) is 11.3 Å². The Morgan fingerprint density at radius 3 is 2.69 bits per heavy atom. The fourth-order valence-corrected chi connectivity index (χ4v) is 4.55. The summed E-state index contributed by atoms with van der Waals surface area (Å²) < 4.78 is 6.41. The van der Waals surface area contributed by atoms with Crippen LogP contribution in [0.4, 0.5) is 0 Å². The lowest BCUT2D eigenvalue weighted by Crippen LogP contribution is -2.50. The summed E-state index contributed by atoms with van der Waals surface area (Å²) in [7, 11) is 0. The molecule has 3 atom stereocenters. The molecule has 7 heteroatoms. The molecule has 6 nitrogen and oxygen atoms in total. The van der Waals surface area contributed by atoms with Crippen molar-refractivity contribution in [2.45, 2.75) is 31.5 Å². The SMILES string of the molecule is C[C@]1(O)Cc2[nH][nH]c(=O)c2[C@H](c2cccc(Br)c2)[C@@H]1C(=O)OCc1ccccc1. The molecule has 29 heavy (non-hydrogen) atoms. The van der Waals surface area contributed by atoms with Crippen molar-refractivity contribution in [2.75, 3.05) is 0 Å². The molecular weight excluding hydrogens is 436 g/mol. The highest BCUT2D eigenvalue weighted by atomic mass is 79.9. The highest BCUT2D eigenvalue weighted by Gasteiger charge is 2.51. The maximum atomic E-state index is 13.2. The first kappa shape index (κ1) is 19.7. The quantitative estimate of drug-likeness (QED) is 0.525. The monoisotopic (exact) mass is 456 g/mol. The topological polar surface area (TPSA) is 95.2 Å². The zero-order chi connectivity index (χ0) is 20.6. The van der Waals surface area contributed by atoms with Crippen LogP contribution < -0.4 is 5.56 Å². The Labute approximate surface area is 176 Å². The van der Waals surface area contributed by atoms with Gasteiger partial charge in [0.25, 0.3) is 5.56 Å². The molecule has 4 rings (SSSR count). The van der Waals surface area contributed by atoms with Crippen LogP contribution in [0.15, 0.2) is 63.9 Å². The van der Waals surface area contributed by atoms with E-state index in [4.69, 9.17) is 4.74 Å². The van der Waals surface area contributed by atoms with Gasteiger partial charge in [-0.2, -0.15) is 0 Å². The summed E-state index contributed by atoms with van der Waals surface area (Å²) in [6.07, 6.45) is 0.149. The number of nitrogens with one attached hydrogen (secondary N) is 2. The predicted molar refractivity (Wildman–Crippen MR) is 111 cm³/mol. The van der Waals surface area contributed by atoms with Crippen LogP contribution in [0.5, 0.6) is 0 Å². The second-order valence-electron chi connectivity index (χ2n) is 7.61. The molecule has 3 aromatic rings. The van der Waals surface area contributed by atoms with Gasteiger partial charge in [-0.05, 0) is 30.2 Å². The van der Waals surface area contributed by atoms with Crippen LogP contribution >= 0.6 is 15.9 Å². The smallest absolute Gasteiger partial charge is 0.313 e. The largest absolute Gasteiger partial charge is 0.460 e. The van der Waals surface area contributed by atoms with Crippen LogP contribution in [0.2, 0.25) is 0 Å². The van der Waals surface area contributed by atoms with Gasteiger partial charge in [0.05, 0.1) is 11.5 Å². The van der Waals surface area contributed by atoms with Gasteiger partial charge in [0.2, 0.25) is 0 Å². The molecule has 1 aliphatic carbocycles. The van der Waals surface area contributed by atoms with Crippen molar-refractivity contribution in [1.82, 2.24) is 10.2 Å². The third-order valence-electron chi connectivity index (χ3n) is 5.43. The average Bonchev–Trinajstić information content (AvgIpc) is 3.05. The highest BCUT2D eigenvalue weighted by molar-refractivity contribution is 9.10. The van der Waals surface area contributed by atoms with Crippen LogP contribution in [-0.4, -0.2) is 26.9 Å². The molecule has 1 heterocycles. The Kier molecular flexibility index (Phi) is 5.19. The molecular formula is C22H21BrN2O4. The zero-order valence-electron chi connectivity index (χ0n) is 15.8. The minimum Gasteiger partial charge on any atom is -0.460 e. The number of esters is 1. The van der Waals surface area contributed by atoms with E-state index in [1.807, 2.05) is 54.6 Å². The van der Waals surface area contributed by atoms with E-state index in [-0.39, 0.29) is 18.6 Å². The molecule has 0 radical (unpaired) electrons. The standard InChI is InChI=1S/C22H21BrN2O4/c1-22(28)11-16-18(20(26)25-24-16)17(14-8-5-9-15(23)10-14)19(22)21(27)29-12-13-6-3-2-4-7-13/h2-10,17,19,28H,11-12H2,1H3,(H2,24,25,26)/t17-,19+,22-/m0/s1. The number of aromatic nitrogens is 2. The van der Waals surface area contributed by atoms with Gasteiger partial charge in [0.15, 0.2) is 0 Å². The minimum atomic E-state index is -1.39. The Bertz CT molecular complexity index is 1090. The van der Waals surface area contributed by atoms with Crippen LogP contribution in [0, 0.1) is 5.92 Å². The van der Waals surface area contributed by atoms with E-state index in [2.05, 4.69) is 26.1 Å². The average molecular weight is 457 g/mol. The third kappa shape index (κ3) is 3.80. The van der Waals surface area contributed by atoms with Gasteiger partial charge >= 0.3 is 5.97 Å². The first-order valence-corrected chi connectivity index (χ1v) is 10.1. The van der Waals surface area contributed by atoms with Gasteiger partial charge in [0, 0.05) is 28.1 Å². The summed E-state index contributed by atoms with van der Waals surface area (Å²) in [5, 5.41) is 16.7. The number of halogens is 1. The minimum absolute atomic E-state index is 0.105. The van der Waals surface area contributed by atoms with E-state index in [9.17, 15) is 14.7 Å². The van der Waals surface area contributed by atoms with Gasteiger partial charge in [-0.25, -0.2) is 0 Å². The number of benzene rings is 2. The summed E-state index contributed by atoms with van der Waals surface area (Å²) in [5.41, 5.74) is 1.01. The van der Waals surface area contributed by atoms with Gasteiger partial charge in [0.1, 0.15) is 6.61 Å². The van der Waals surface area contributed by atoms with Crippen LogP contribution in [-0.2, 0) is 22.6 Å². The van der Waals surface area contributed by atoms with Gasteiger partial charge in [-0.3, -0.25) is 14.7 Å². The summed E-state index contributed by atoms with van der Waals surface area (Å²) >= 11 is 3.45. The Morgan fingerprint density at radius 2 is 1.97 bits per heavy atom. The number of fused-ring (bicyclic) bond motifs is 1. The van der Waals surface area contributed by atoms with Crippen molar-refractivity contribution >= 4 is 21.9 Å². The molecule has 0 fully saturated rings. The molecule has 0 saturated carbocycles. The number of ether oxygens (including phenoxy) is 1. The molecule has 0 saturated heterocycles. The van der Waals surface area contributed by atoms with E-state index in [1.165, 1.54) is 0 Å². The molecule has 0 amide bonds. The maximum absolute atomic E-state index is 13.2. The first-order valence-electron chi connectivity index (χ1n) is 9.34. The number of hydrogen-bond donors (Lipinski definition) is 3. The summed E-state index contributed by atoms with van der Waals surface area (Å²) in [6.45, 7) is 1.72. The third-order valence-corrected chi connectivity index (χ3v) is 5.92. The van der Waals surface area contributed by atoms with E-state index in [0.717, 1.165) is 15.6 Å². The Hall–Kier alpha value is -2.64. The lowest BCUT2D eigenvalue weighted by molar-refractivity contribution is -0.161. The van der Waals surface area contributed by atoms with Crippen molar-refractivity contribution in [1.29, 1.82) is 0 Å². The van der Waals surface area contributed by atoms with E-state index in [1.54, 1.807) is 6.92 Å². The summed E-state index contributed by atoms with van der Waals surface area (Å²) in [6, 6.07) is 16.8. The van der Waals surface area contributed by atoms with Crippen molar-refractivity contribution in [3.05, 3.63) is 91.8 Å². The molecule has 0 bridgehead atoms. The van der Waals surface area contributed by atoms with E-state index >= 15 is 0 Å². The highest BCUT2D eigenvalue weighted by Crippen LogP contribution is 2.45. The zero-order valence-corrected chi connectivity index (χ0v) is 17.4. The number of carbonyl (C=O) groups excluding carboxylic acids is 1. The molecule has 0 aliphatic heterocycles. The van der Waals surface area contributed by atoms with Crippen LogP contribution in [0.3, 0.4) is 0 Å². The first-order chi connectivity index (χ1) is 13.9. The molecule has 2 aromatic carbocycles. The molecule has 1 aromatic heterocycles. The van der Waals surface area contributed by atoms with E-state index < -0.39 is 23.4 Å². The van der Waals surface area contributed by atoms with Crippen LogP contribution in [0.1, 0.15) is 35.2 Å². The number of carbonyl (C=O) groups is 1. The van der Waals surface area contributed by atoms with Gasteiger partial charge < -0.3 is 14.9 Å². The van der Waals surface area contributed by atoms with Crippen molar-refractivity contribution in [3.63, 3.8) is 0 Å². The molecule has 0 spiro atoms. The van der Waals surface area contributed by atoms with Crippen LogP contribution in [0.25, 0.3) is 0 Å². The number of rotatable bonds is 4. The number of hydrogen-bond acceptors (Lipinski definition) is 4. The lowest BCUT2D eigenvalue weighted by Gasteiger charge is -2.40. The second kappa shape index (κ2) is 7.65. The summed E-state index contributed by atoms with van der Waals surface area (Å²) in [5.74, 6) is -2.09. The molecule has 1 aliphatic rings. The fourth-order valence-electron chi connectivity index (χ4n) is 4.13. The normalized spacial score (nSPS) is 23.4. The molecule has 3 N–H and O–H groups in total. The summed E-state index contributed by atoms with van der Waals surface area (Å²) in [4.78, 5) is 25.7. The molecule has 0 unspecified atom stereocenters. The maximum Gasteiger partial charge on any atom is 0.313 e. The predicted octanol–water partition coefficient (Wildman–Crippen LogP) is 3.26. The number of H-pyrrole nitrogens is 2. The Morgan fingerprint density at radius 1 is 1.21 bits per heavy atom. The van der Waals surface area contributed by atoms with Crippen molar-refractivity contribution < 1.29 is 14.6 Å². The van der Waals surface area contributed by atoms with Crippen molar-refractivity contribution in [3.8, 4) is 0 Å². The lowest BCUT2D eigenvalue weighted by atomic mass is 9.66. The number of aromatic amines is 2. The van der Waals surface area contributed by atoms with Crippen molar-refractivity contribution in [2.24, 2.45) is 5.92 Å². The van der Waals surface area contributed by atoms with Gasteiger partial charge in [-0.1, -0.05) is 58.4 Å².